The third-order valence-electron chi connectivity index (χ3n) is 11.6. The predicted octanol–water partition coefficient (Wildman–Crippen LogP) is 3.43. The summed E-state index contributed by atoms with van der Waals surface area (Å²) >= 11 is 0. The lowest BCUT2D eigenvalue weighted by Gasteiger charge is -2.47. The normalized spacial score (nSPS) is 25.5. The van der Waals surface area contributed by atoms with E-state index in [4.69, 9.17) is 9.98 Å². The van der Waals surface area contributed by atoms with Gasteiger partial charge in [0.1, 0.15) is 0 Å². The van der Waals surface area contributed by atoms with E-state index in [2.05, 4.69) is 37.8 Å². The van der Waals surface area contributed by atoms with Crippen LogP contribution in [0.25, 0.3) is 0 Å². The zero-order valence-corrected chi connectivity index (χ0v) is 28.5. The minimum atomic E-state index is 0.0489. The molecule has 10 nitrogen and oxygen atoms in total. The quantitative estimate of drug-likeness (QED) is 0.477. The molecule has 48 heavy (non-hydrogen) atoms. The summed E-state index contributed by atoms with van der Waals surface area (Å²) in [4.78, 5) is 50.2. The van der Waals surface area contributed by atoms with Crippen LogP contribution in [0, 0.1) is 12.8 Å². The van der Waals surface area contributed by atoms with Gasteiger partial charge in [-0.25, -0.2) is 0 Å². The van der Waals surface area contributed by atoms with E-state index >= 15 is 0 Å². The van der Waals surface area contributed by atoms with Crippen molar-refractivity contribution in [3.8, 4) is 0 Å². The average molecular weight is 651 g/mol. The van der Waals surface area contributed by atoms with Crippen molar-refractivity contribution >= 4 is 23.7 Å². The van der Waals surface area contributed by atoms with Crippen LogP contribution in [0.3, 0.4) is 0 Å². The Morgan fingerprint density at radius 3 is 1.79 bits per heavy atom. The first-order valence-corrected chi connectivity index (χ1v) is 18.4. The summed E-state index contributed by atoms with van der Waals surface area (Å²) < 4.78 is 0. The molecule has 0 bridgehead atoms. The minimum absolute atomic E-state index is 0.0489. The third-order valence-corrected chi connectivity index (χ3v) is 11.6. The Balaban J connectivity index is 0.801. The number of piperazine rings is 2. The second-order valence-electron chi connectivity index (χ2n) is 14.7. The van der Waals surface area contributed by atoms with Crippen LogP contribution >= 0.6 is 0 Å². The van der Waals surface area contributed by atoms with Crippen molar-refractivity contribution in [1.29, 1.82) is 0 Å². The number of nitrogens with zero attached hydrogens (tertiary/aromatic N) is 8. The Morgan fingerprint density at radius 2 is 1.23 bits per heavy atom. The standard InChI is InChI=1S/C38H50N8O2/c1-28-8-10-31(11-9-28)35(47)45-14-12-39-37(45)44-22-18-42(19-23-44)34-26-30(27-34)24-29-4-2-5-32(25-29)36(48)46-15-13-40-38(46)43-20-16-41(17-21-43)33-6-3-7-33/h2,4-5,8-11,25,30,33-34H,3,6-7,12-24,26-27H2,1H3. The maximum Gasteiger partial charge on any atom is 0.260 e. The molecule has 4 heterocycles. The Hall–Kier alpha value is -3.76. The van der Waals surface area contributed by atoms with E-state index in [1.54, 1.807) is 0 Å². The zero-order chi connectivity index (χ0) is 32.6. The summed E-state index contributed by atoms with van der Waals surface area (Å²) in [7, 11) is 0. The molecule has 8 rings (SSSR count). The van der Waals surface area contributed by atoms with Crippen molar-refractivity contribution in [2.45, 2.75) is 57.5 Å². The van der Waals surface area contributed by atoms with E-state index in [-0.39, 0.29) is 11.8 Å². The van der Waals surface area contributed by atoms with Crippen molar-refractivity contribution < 1.29 is 9.59 Å². The van der Waals surface area contributed by atoms with Gasteiger partial charge in [-0.15, -0.1) is 0 Å². The molecule has 0 radical (unpaired) electrons. The van der Waals surface area contributed by atoms with Gasteiger partial charge in [-0.05, 0) is 74.8 Å². The predicted molar refractivity (Wildman–Crippen MR) is 188 cm³/mol. The van der Waals surface area contributed by atoms with E-state index in [1.807, 2.05) is 47.1 Å². The lowest BCUT2D eigenvalue weighted by Crippen LogP contribution is -2.57. The van der Waals surface area contributed by atoms with Crippen LogP contribution in [0.15, 0.2) is 58.5 Å². The largest absolute Gasteiger partial charge is 0.340 e. The Kier molecular flexibility index (Phi) is 8.94. The molecule has 2 aromatic carbocycles. The molecule has 4 fully saturated rings. The number of aryl methyl sites for hydroxylation is 1. The van der Waals surface area contributed by atoms with Gasteiger partial charge >= 0.3 is 0 Å². The first kappa shape index (κ1) is 31.5. The van der Waals surface area contributed by atoms with Crippen LogP contribution in [-0.4, -0.2) is 144 Å². The fourth-order valence-electron chi connectivity index (χ4n) is 8.46. The van der Waals surface area contributed by atoms with Crippen LogP contribution < -0.4 is 0 Å². The van der Waals surface area contributed by atoms with Gasteiger partial charge in [-0.3, -0.25) is 39.2 Å². The third kappa shape index (κ3) is 6.36. The molecule has 0 spiro atoms. The number of amides is 2. The zero-order valence-electron chi connectivity index (χ0n) is 28.5. The lowest BCUT2D eigenvalue weighted by atomic mass is 9.75. The number of carbonyl (C=O) groups is 2. The highest BCUT2D eigenvalue weighted by atomic mass is 16.2. The molecule has 0 unspecified atom stereocenters. The fraction of sp³-hybridized carbons (Fsp3) is 0.579. The minimum Gasteiger partial charge on any atom is -0.340 e. The smallest absolute Gasteiger partial charge is 0.260 e. The fourth-order valence-corrected chi connectivity index (χ4v) is 8.46. The first-order chi connectivity index (χ1) is 23.5. The molecule has 2 amide bonds. The van der Waals surface area contributed by atoms with Crippen molar-refractivity contribution in [1.82, 2.24) is 29.4 Å². The average Bonchev–Trinajstić information content (AvgIpc) is 3.77. The van der Waals surface area contributed by atoms with Crippen LogP contribution in [0.1, 0.15) is 63.9 Å². The second-order valence-corrected chi connectivity index (χ2v) is 14.7. The monoisotopic (exact) mass is 650 g/mol. The first-order valence-electron chi connectivity index (χ1n) is 18.4. The molecule has 2 saturated heterocycles. The maximum atomic E-state index is 13.7. The highest BCUT2D eigenvalue weighted by molar-refractivity contribution is 6.07. The SMILES string of the molecule is Cc1ccc(C(=O)N2CCN=C2N2CCN(C3CC(Cc4cccc(C(=O)N5CCN=C5N5CCN(C6CCC6)CC5)c4)C3)CC2)cc1. The Morgan fingerprint density at radius 1 is 0.667 bits per heavy atom. The van der Waals surface area contributed by atoms with Crippen LogP contribution in [0.4, 0.5) is 0 Å². The molecule has 0 atom stereocenters. The van der Waals surface area contributed by atoms with E-state index in [9.17, 15) is 9.59 Å². The molecular weight excluding hydrogens is 600 g/mol. The number of hydrogen-bond acceptors (Lipinski definition) is 8. The van der Waals surface area contributed by atoms with Gasteiger partial charge < -0.3 is 9.80 Å². The van der Waals surface area contributed by atoms with Crippen molar-refractivity contribution in [3.63, 3.8) is 0 Å². The van der Waals surface area contributed by atoms with Gasteiger partial charge in [0.25, 0.3) is 11.8 Å². The molecule has 6 aliphatic rings. The van der Waals surface area contributed by atoms with Crippen molar-refractivity contribution in [2.75, 3.05) is 78.5 Å². The van der Waals surface area contributed by atoms with Gasteiger partial charge in [0.15, 0.2) is 0 Å². The summed E-state index contributed by atoms with van der Waals surface area (Å²) in [5.74, 6) is 2.51. The number of benzene rings is 2. The van der Waals surface area contributed by atoms with Gasteiger partial charge in [0.2, 0.25) is 11.9 Å². The van der Waals surface area contributed by atoms with E-state index in [0.717, 1.165) is 93.4 Å². The van der Waals surface area contributed by atoms with Gasteiger partial charge in [-0.1, -0.05) is 36.2 Å². The van der Waals surface area contributed by atoms with E-state index in [1.165, 1.54) is 37.7 Å². The summed E-state index contributed by atoms with van der Waals surface area (Å²) in [5, 5.41) is 0. The summed E-state index contributed by atoms with van der Waals surface area (Å²) in [6, 6.07) is 17.6. The molecule has 2 aromatic rings. The Bertz CT molecular complexity index is 1550. The van der Waals surface area contributed by atoms with Crippen LogP contribution in [-0.2, 0) is 6.42 Å². The maximum absolute atomic E-state index is 13.7. The summed E-state index contributed by atoms with van der Waals surface area (Å²) in [6.45, 7) is 12.6. The second kappa shape index (κ2) is 13.6. The summed E-state index contributed by atoms with van der Waals surface area (Å²) in [5.41, 5.74) is 3.93. The molecule has 254 valence electrons. The topological polar surface area (TPSA) is 78.3 Å². The van der Waals surface area contributed by atoms with Crippen molar-refractivity contribution in [3.05, 3.63) is 70.8 Å². The van der Waals surface area contributed by atoms with Crippen molar-refractivity contribution in [2.24, 2.45) is 15.9 Å². The summed E-state index contributed by atoms with van der Waals surface area (Å²) in [6.07, 6.45) is 7.48. The van der Waals surface area contributed by atoms with E-state index in [0.29, 0.717) is 38.1 Å². The Labute approximate surface area is 285 Å². The molecule has 0 aromatic heterocycles. The molecule has 2 aliphatic carbocycles. The molecule has 4 aliphatic heterocycles. The number of hydrogen-bond donors (Lipinski definition) is 0. The van der Waals surface area contributed by atoms with Crippen LogP contribution in [0.2, 0.25) is 0 Å². The molecule has 0 N–H and O–H groups in total. The van der Waals surface area contributed by atoms with Gasteiger partial charge in [-0.2, -0.15) is 0 Å². The molecule has 2 saturated carbocycles. The van der Waals surface area contributed by atoms with Gasteiger partial charge in [0.05, 0.1) is 13.1 Å². The van der Waals surface area contributed by atoms with E-state index < -0.39 is 0 Å². The highest BCUT2D eigenvalue weighted by Crippen LogP contribution is 2.35. The molecule has 10 heteroatoms. The number of guanidine groups is 2. The van der Waals surface area contributed by atoms with Crippen LogP contribution in [0.5, 0.6) is 0 Å². The lowest BCUT2D eigenvalue weighted by molar-refractivity contribution is 0.0465. The highest BCUT2D eigenvalue weighted by Gasteiger charge is 2.38. The number of aliphatic imine (C=N–C) groups is 2. The number of carbonyl (C=O) groups excluding carboxylic acids is 2. The molecular formula is C38H50N8O2. The number of rotatable bonds is 6. The van der Waals surface area contributed by atoms with Gasteiger partial charge in [0, 0.05) is 88.7 Å².